The molecule has 21 heavy (non-hydrogen) atoms. The quantitative estimate of drug-likeness (QED) is 0.338. The minimum absolute atomic E-state index is 0.340. The Labute approximate surface area is 127 Å². The second kappa shape index (κ2) is 8.41. The molecule has 0 atom stereocenters. The molecule has 0 aliphatic heterocycles. The van der Waals surface area contributed by atoms with Crippen LogP contribution in [-0.4, -0.2) is 25.7 Å². The molecule has 0 aliphatic carbocycles. The number of nitrogens with one attached hydrogen (secondary N) is 1. The zero-order valence-electron chi connectivity index (χ0n) is 11.6. The highest BCUT2D eigenvalue weighted by Crippen LogP contribution is 2.13. The Morgan fingerprint density at radius 2 is 2.10 bits per heavy atom. The highest BCUT2D eigenvalue weighted by atomic mass is 32.1. The monoisotopic (exact) mass is 306 g/mol. The van der Waals surface area contributed by atoms with E-state index in [0.717, 1.165) is 6.42 Å². The van der Waals surface area contributed by atoms with Crippen molar-refractivity contribution in [2.75, 3.05) is 19.8 Å². The number of ether oxygens (including phenoxy) is 2. The van der Waals surface area contributed by atoms with Crippen LogP contribution in [-0.2, 0) is 11.2 Å². The van der Waals surface area contributed by atoms with Gasteiger partial charge >= 0.3 is 0 Å². The SMILES string of the molecule is NNC(=O)c1cccc(OCCOCCc2cccs2)c1. The van der Waals surface area contributed by atoms with Crippen molar-refractivity contribution in [1.82, 2.24) is 5.43 Å². The van der Waals surface area contributed by atoms with Crippen LogP contribution in [0.15, 0.2) is 41.8 Å². The fraction of sp³-hybridized carbons (Fsp3) is 0.267. The summed E-state index contributed by atoms with van der Waals surface area (Å²) in [6, 6.07) is 11.0. The van der Waals surface area contributed by atoms with Gasteiger partial charge in [-0.1, -0.05) is 12.1 Å². The highest BCUT2D eigenvalue weighted by molar-refractivity contribution is 7.09. The van der Waals surface area contributed by atoms with Crippen molar-refractivity contribution in [3.8, 4) is 5.75 Å². The number of carbonyl (C=O) groups is 1. The molecule has 6 heteroatoms. The van der Waals surface area contributed by atoms with E-state index < -0.39 is 0 Å². The van der Waals surface area contributed by atoms with Gasteiger partial charge in [-0.25, -0.2) is 5.84 Å². The number of benzene rings is 1. The number of amides is 1. The second-order valence-electron chi connectivity index (χ2n) is 4.29. The molecule has 0 unspecified atom stereocenters. The van der Waals surface area contributed by atoms with Crippen LogP contribution in [0.4, 0.5) is 0 Å². The first-order valence-corrected chi connectivity index (χ1v) is 7.51. The molecule has 0 saturated heterocycles. The van der Waals surface area contributed by atoms with E-state index >= 15 is 0 Å². The Morgan fingerprint density at radius 1 is 1.19 bits per heavy atom. The maximum Gasteiger partial charge on any atom is 0.265 e. The molecule has 0 aliphatic rings. The van der Waals surface area contributed by atoms with Crippen LogP contribution in [0.2, 0.25) is 0 Å². The number of hydrazine groups is 1. The van der Waals surface area contributed by atoms with Gasteiger partial charge in [0.2, 0.25) is 0 Å². The normalized spacial score (nSPS) is 10.3. The fourth-order valence-electron chi connectivity index (χ4n) is 1.76. The van der Waals surface area contributed by atoms with E-state index in [2.05, 4.69) is 16.9 Å². The topological polar surface area (TPSA) is 73.6 Å². The number of nitrogens with two attached hydrogens (primary N) is 1. The molecule has 0 saturated carbocycles. The molecule has 1 amide bonds. The van der Waals surface area contributed by atoms with Crippen LogP contribution in [0, 0.1) is 0 Å². The molecule has 2 aromatic rings. The number of hydrogen-bond acceptors (Lipinski definition) is 5. The summed E-state index contributed by atoms with van der Waals surface area (Å²) in [6.07, 6.45) is 0.920. The molecule has 112 valence electrons. The summed E-state index contributed by atoms with van der Waals surface area (Å²) in [5, 5.41) is 2.06. The molecular weight excluding hydrogens is 288 g/mol. The zero-order chi connectivity index (χ0) is 14.9. The minimum Gasteiger partial charge on any atom is -0.491 e. The summed E-state index contributed by atoms with van der Waals surface area (Å²) in [5.41, 5.74) is 2.55. The number of hydrogen-bond donors (Lipinski definition) is 2. The smallest absolute Gasteiger partial charge is 0.265 e. The van der Waals surface area contributed by atoms with E-state index in [-0.39, 0.29) is 5.91 Å². The summed E-state index contributed by atoms with van der Waals surface area (Å²) in [6.45, 7) is 1.64. The van der Waals surface area contributed by atoms with Crippen molar-refractivity contribution in [2.24, 2.45) is 5.84 Å². The van der Waals surface area contributed by atoms with Gasteiger partial charge in [0.05, 0.1) is 13.2 Å². The molecule has 0 spiro atoms. The van der Waals surface area contributed by atoms with Crippen molar-refractivity contribution >= 4 is 17.2 Å². The summed E-state index contributed by atoms with van der Waals surface area (Å²) < 4.78 is 11.0. The molecule has 0 radical (unpaired) electrons. The minimum atomic E-state index is -0.340. The third kappa shape index (κ3) is 5.18. The van der Waals surface area contributed by atoms with Gasteiger partial charge in [0.1, 0.15) is 12.4 Å². The average Bonchev–Trinajstić information content (AvgIpc) is 3.03. The van der Waals surface area contributed by atoms with Crippen molar-refractivity contribution < 1.29 is 14.3 Å². The highest BCUT2D eigenvalue weighted by Gasteiger charge is 2.04. The van der Waals surface area contributed by atoms with Gasteiger partial charge in [-0.3, -0.25) is 10.2 Å². The molecule has 1 heterocycles. The van der Waals surface area contributed by atoms with E-state index in [1.165, 1.54) is 4.88 Å². The largest absolute Gasteiger partial charge is 0.491 e. The van der Waals surface area contributed by atoms with Crippen molar-refractivity contribution in [3.05, 3.63) is 52.2 Å². The third-order valence-electron chi connectivity index (χ3n) is 2.80. The summed E-state index contributed by atoms with van der Waals surface area (Å²) in [4.78, 5) is 12.7. The number of rotatable bonds is 8. The Morgan fingerprint density at radius 3 is 2.86 bits per heavy atom. The second-order valence-corrected chi connectivity index (χ2v) is 5.32. The lowest BCUT2D eigenvalue weighted by atomic mass is 10.2. The number of thiophene rings is 1. The third-order valence-corrected chi connectivity index (χ3v) is 3.73. The predicted molar refractivity (Wildman–Crippen MR) is 82.4 cm³/mol. The molecule has 5 nitrogen and oxygen atoms in total. The van der Waals surface area contributed by atoms with E-state index in [1.54, 1.807) is 35.6 Å². The predicted octanol–water partition coefficient (Wildman–Crippen LogP) is 1.99. The Kier molecular flexibility index (Phi) is 6.21. The Bertz CT molecular complexity index is 558. The van der Waals surface area contributed by atoms with Crippen LogP contribution in [0.5, 0.6) is 5.75 Å². The lowest BCUT2D eigenvalue weighted by Crippen LogP contribution is -2.29. The summed E-state index contributed by atoms with van der Waals surface area (Å²) in [5.74, 6) is 5.37. The average molecular weight is 306 g/mol. The van der Waals surface area contributed by atoms with Gasteiger partial charge in [-0.2, -0.15) is 0 Å². The van der Waals surface area contributed by atoms with E-state index in [1.807, 2.05) is 6.07 Å². The molecule has 0 fully saturated rings. The van der Waals surface area contributed by atoms with Gasteiger partial charge in [0.15, 0.2) is 0 Å². The molecule has 3 N–H and O–H groups in total. The Balaban J connectivity index is 1.65. The van der Waals surface area contributed by atoms with Crippen molar-refractivity contribution in [2.45, 2.75) is 6.42 Å². The van der Waals surface area contributed by atoms with Crippen molar-refractivity contribution in [3.63, 3.8) is 0 Å². The first-order valence-electron chi connectivity index (χ1n) is 6.63. The lowest BCUT2D eigenvalue weighted by molar-refractivity contribution is 0.0951. The maximum absolute atomic E-state index is 11.4. The Hall–Kier alpha value is -1.89. The van der Waals surface area contributed by atoms with Gasteiger partial charge in [0, 0.05) is 16.9 Å². The van der Waals surface area contributed by atoms with E-state index in [0.29, 0.717) is 31.1 Å². The number of nitrogen functional groups attached to an aromatic ring is 1. The van der Waals surface area contributed by atoms with Crippen LogP contribution in [0.1, 0.15) is 15.2 Å². The van der Waals surface area contributed by atoms with Crippen LogP contribution >= 0.6 is 11.3 Å². The fourth-order valence-corrected chi connectivity index (χ4v) is 2.45. The van der Waals surface area contributed by atoms with Crippen molar-refractivity contribution in [1.29, 1.82) is 0 Å². The first kappa shape index (κ1) is 15.5. The maximum atomic E-state index is 11.4. The summed E-state index contributed by atoms with van der Waals surface area (Å²) in [7, 11) is 0. The van der Waals surface area contributed by atoms with Gasteiger partial charge in [-0.05, 0) is 29.6 Å². The molecule has 2 rings (SSSR count). The molecular formula is C15H18N2O3S. The lowest BCUT2D eigenvalue weighted by Gasteiger charge is -2.08. The van der Waals surface area contributed by atoms with Gasteiger partial charge < -0.3 is 9.47 Å². The number of carbonyl (C=O) groups excluding carboxylic acids is 1. The van der Waals surface area contributed by atoms with Crippen LogP contribution < -0.4 is 16.0 Å². The van der Waals surface area contributed by atoms with E-state index in [9.17, 15) is 4.79 Å². The van der Waals surface area contributed by atoms with Gasteiger partial charge in [0.25, 0.3) is 5.91 Å². The van der Waals surface area contributed by atoms with Crippen LogP contribution in [0.25, 0.3) is 0 Å². The first-order chi connectivity index (χ1) is 10.3. The standard InChI is InChI=1S/C15H18N2O3S/c16-17-15(18)12-3-1-4-13(11-12)20-9-8-19-7-6-14-5-2-10-21-14/h1-5,10-11H,6-9,16H2,(H,17,18). The summed E-state index contributed by atoms with van der Waals surface area (Å²) >= 11 is 1.73. The molecule has 1 aromatic heterocycles. The van der Waals surface area contributed by atoms with E-state index in [4.69, 9.17) is 15.3 Å². The molecule has 0 bridgehead atoms. The zero-order valence-corrected chi connectivity index (χ0v) is 12.4. The van der Waals surface area contributed by atoms with Gasteiger partial charge in [-0.15, -0.1) is 11.3 Å². The van der Waals surface area contributed by atoms with Crippen LogP contribution in [0.3, 0.4) is 0 Å². The molecule has 1 aromatic carbocycles.